The first-order valence-corrected chi connectivity index (χ1v) is 11.4. The van der Waals surface area contributed by atoms with Gasteiger partial charge in [-0.05, 0) is 56.7 Å². The second-order valence-corrected chi connectivity index (χ2v) is 8.99. The third kappa shape index (κ3) is 5.44. The summed E-state index contributed by atoms with van der Waals surface area (Å²) in [5.74, 6) is 0.177. The number of hydrogen-bond donors (Lipinski definition) is 1. The number of hydrogen-bond acceptors (Lipinski definition) is 4. The molecule has 0 fully saturated rings. The van der Waals surface area contributed by atoms with Gasteiger partial charge in [0.25, 0.3) is 10.0 Å². The van der Waals surface area contributed by atoms with Crippen molar-refractivity contribution in [2.45, 2.75) is 25.7 Å². The Labute approximate surface area is 183 Å². The van der Waals surface area contributed by atoms with Crippen molar-refractivity contribution in [2.75, 3.05) is 22.8 Å². The fourth-order valence-electron chi connectivity index (χ4n) is 3.27. The lowest BCUT2D eigenvalue weighted by Gasteiger charge is -2.26. The van der Waals surface area contributed by atoms with Gasteiger partial charge in [0, 0.05) is 11.8 Å². The maximum absolute atomic E-state index is 13.4. The van der Waals surface area contributed by atoms with Gasteiger partial charge >= 0.3 is 0 Å². The summed E-state index contributed by atoms with van der Waals surface area (Å²) in [6, 6.07) is 20.6. The van der Waals surface area contributed by atoms with Crippen molar-refractivity contribution in [2.24, 2.45) is 0 Å². The number of benzene rings is 3. The average molecular weight is 439 g/mol. The van der Waals surface area contributed by atoms with Gasteiger partial charge in [0.1, 0.15) is 12.3 Å². The topological polar surface area (TPSA) is 75.7 Å². The standard InChI is InChI=1S/C24H26N2O4S/c1-4-30-21-10-8-9-20(16-21)25-24(27)17-26(23-14-13-18(2)15-19(23)3)31(28,29)22-11-6-5-7-12-22/h5-16H,4,17H2,1-3H3,(H,25,27). The fourth-order valence-corrected chi connectivity index (χ4v) is 4.77. The molecule has 31 heavy (non-hydrogen) atoms. The Morgan fingerprint density at radius 3 is 2.39 bits per heavy atom. The largest absolute Gasteiger partial charge is 0.494 e. The van der Waals surface area contributed by atoms with Gasteiger partial charge in [0.2, 0.25) is 5.91 Å². The SMILES string of the molecule is CCOc1cccc(NC(=O)CN(c2ccc(C)cc2C)S(=O)(=O)c2ccccc2)c1. The molecular weight excluding hydrogens is 412 g/mol. The number of nitrogens with one attached hydrogen (secondary N) is 1. The number of amides is 1. The molecule has 0 aliphatic rings. The number of aryl methyl sites for hydroxylation is 2. The van der Waals surface area contributed by atoms with E-state index in [9.17, 15) is 13.2 Å². The summed E-state index contributed by atoms with van der Waals surface area (Å²) in [6.07, 6.45) is 0. The summed E-state index contributed by atoms with van der Waals surface area (Å²) in [5.41, 5.74) is 2.78. The number of nitrogens with zero attached hydrogens (tertiary/aromatic N) is 1. The third-order valence-electron chi connectivity index (χ3n) is 4.67. The van der Waals surface area contributed by atoms with E-state index < -0.39 is 15.9 Å². The molecule has 0 saturated heterocycles. The molecule has 0 unspecified atom stereocenters. The molecule has 0 bridgehead atoms. The highest BCUT2D eigenvalue weighted by molar-refractivity contribution is 7.92. The summed E-state index contributed by atoms with van der Waals surface area (Å²) in [6.45, 7) is 5.79. The predicted octanol–water partition coefficient (Wildman–Crippen LogP) is 4.54. The Hall–Kier alpha value is -3.32. The van der Waals surface area contributed by atoms with E-state index in [1.165, 1.54) is 12.1 Å². The van der Waals surface area contributed by atoms with Crippen molar-refractivity contribution in [1.29, 1.82) is 0 Å². The Morgan fingerprint density at radius 1 is 0.968 bits per heavy atom. The summed E-state index contributed by atoms with van der Waals surface area (Å²) < 4.78 is 33.5. The molecule has 3 aromatic carbocycles. The van der Waals surface area contributed by atoms with E-state index in [-0.39, 0.29) is 11.4 Å². The van der Waals surface area contributed by atoms with Crippen molar-refractivity contribution < 1.29 is 17.9 Å². The predicted molar refractivity (Wildman–Crippen MR) is 123 cm³/mol. The molecule has 1 N–H and O–H groups in total. The Morgan fingerprint density at radius 2 is 1.71 bits per heavy atom. The van der Waals surface area contributed by atoms with E-state index in [1.807, 2.05) is 32.9 Å². The molecule has 162 valence electrons. The molecule has 3 aromatic rings. The van der Waals surface area contributed by atoms with Crippen LogP contribution in [0.3, 0.4) is 0 Å². The second kappa shape index (κ2) is 9.66. The number of sulfonamides is 1. The summed E-state index contributed by atoms with van der Waals surface area (Å²) in [7, 11) is -3.95. The van der Waals surface area contributed by atoms with Crippen LogP contribution >= 0.6 is 0 Å². The van der Waals surface area contributed by atoms with Crippen LogP contribution in [0.5, 0.6) is 5.75 Å². The van der Waals surface area contributed by atoms with Crippen LogP contribution in [-0.2, 0) is 14.8 Å². The first-order valence-electron chi connectivity index (χ1n) is 9.99. The fraction of sp³-hybridized carbons (Fsp3) is 0.208. The third-order valence-corrected chi connectivity index (χ3v) is 6.44. The number of carbonyl (C=O) groups excluding carboxylic acids is 1. The lowest BCUT2D eigenvalue weighted by molar-refractivity contribution is -0.114. The molecule has 6 nitrogen and oxygen atoms in total. The van der Waals surface area contributed by atoms with Crippen LogP contribution in [0, 0.1) is 13.8 Å². The zero-order valence-electron chi connectivity index (χ0n) is 17.8. The van der Waals surface area contributed by atoms with E-state index in [2.05, 4.69) is 5.32 Å². The van der Waals surface area contributed by atoms with Crippen molar-refractivity contribution >= 4 is 27.3 Å². The average Bonchev–Trinajstić information content (AvgIpc) is 2.73. The molecule has 0 aliphatic carbocycles. The highest BCUT2D eigenvalue weighted by atomic mass is 32.2. The molecule has 0 aliphatic heterocycles. The van der Waals surface area contributed by atoms with Crippen LogP contribution in [0.1, 0.15) is 18.1 Å². The van der Waals surface area contributed by atoms with Crippen LogP contribution in [-0.4, -0.2) is 27.5 Å². The van der Waals surface area contributed by atoms with Crippen LogP contribution in [0.4, 0.5) is 11.4 Å². The van der Waals surface area contributed by atoms with E-state index in [1.54, 1.807) is 48.5 Å². The van der Waals surface area contributed by atoms with Gasteiger partial charge in [0.05, 0.1) is 17.2 Å². The van der Waals surface area contributed by atoms with Crippen LogP contribution in [0.25, 0.3) is 0 Å². The number of ether oxygens (including phenoxy) is 1. The Kier molecular flexibility index (Phi) is 6.97. The smallest absolute Gasteiger partial charge is 0.264 e. The van der Waals surface area contributed by atoms with Crippen LogP contribution < -0.4 is 14.4 Å². The van der Waals surface area contributed by atoms with Gasteiger partial charge in [-0.1, -0.05) is 42.0 Å². The molecule has 0 spiro atoms. The normalized spacial score (nSPS) is 11.1. The Balaban J connectivity index is 1.93. The van der Waals surface area contributed by atoms with Gasteiger partial charge in [0.15, 0.2) is 0 Å². The molecule has 0 heterocycles. The van der Waals surface area contributed by atoms with Gasteiger partial charge < -0.3 is 10.1 Å². The summed E-state index contributed by atoms with van der Waals surface area (Å²) >= 11 is 0. The molecule has 0 aromatic heterocycles. The first-order chi connectivity index (χ1) is 14.8. The quantitative estimate of drug-likeness (QED) is 0.560. The van der Waals surface area contributed by atoms with Gasteiger partial charge in [-0.15, -0.1) is 0 Å². The van der Waals surface area contributed by atoms with Crippen molar-refractivity contribution in [1.82, 2.24) is 0 Å². The van der Waals surface area contributed by atoms with Crippen LogP contribution in [0.15, 0.2) is 77.7 Å². The minimum atomic E-state index is -3.95. The van der Waals surface area contributed by atoms with Crippen molar-refractivity contribution in [3.8, 4) is 5.75 Å². The zero-order chi connectivity index (χ0) is 22.4. The van der Waals surface area contributed by atoms with Gasteiger partial charge in [-0.3, -0.25) is 9.10 Å². The zero-order valence-corrected chi connectivity index (χ0v) is 18.6. The van der Waals surface area contributed by atoms with E-state index in [4.69, 9.17) is 4.74 Å². The number of carbonyl (C=O) groups is 1. The lowest BCUT2D eigenvalue weighted by atomic mass is 10.1. The molecule has 7 heteroatoms. The van der Waals surface area contributed by atoms with Crippen LogP contribution in [0.2, 0.25) is 0 Å². The van der Waals surface area contributed by atoms with Gasteiger partial charge in [-0.2, -0.15) is 0 Å². The van der Waals surface area contributed by atoms with Crippen molar-refractivity contribution in [3.63, 3.8) is 0 Å². The minimum absolute atomic E-state index is 0.126. The monoisotopic (exact) mass is 438 g/mol. The molecule has 0 atom stereocenters. The molecule has 1 amide bonds. The summed E-state index contributed by atoms with van der Waals surface area (Å²) in [5, 5.41) is 2.77. The first kappa shape index (κ1) is 22.4. The highest BCUT2D eigenvalue weighted by Crippen LogP contribution is 2.28. The van der Waals surface area contributed by atoms with E-state index >= 15 is 0 Å². The van der Waals surface area contributed by atoms with Gasteiger partial charge in [-0.25, -0.2) is 8.42 Å². The van der Waals surface area contributed by atoms with E-state index in [0.29, 0.717) is 23.7 Å². The maximum Gasteiger partial charge on any atom is 0.264 e. The molecule has 3 rings (SSSR count). The van der Waals surface area contributed by atoms with E-state index in [0.717, 1.165) is 15.4 Å². The summed E-state index contributed by atoms with van der Waals surface area (Å²) in [4.78, 5) is 13.0. The molecule has 0 saturated carbocycles. The minimum Gasteiger partial charge on any atom is -0.494 e. The van der Waals surface area contributed by atoms with Crippen molar-refractivity contribution in [3.05, 3.63) is 83.9 Å². The number of rotatable bonds is 8. The maximum atomic E-state index is 13.4. The molecule has 0 radical (unpaired) electrons. The Bertz CT molecular complexity index is 1160. The lowest BCUT2D eigenvalue weighted by Crippen LogP contribution is -2.38. The molecular formula is C24H26N2O4S. The highest BCUT2D eigenvalue weighted by Gasteiger charge is 2.28. The number of anilines is 2. The second-order valence-electron chi connectivity index (χ2n) is 7.12.